The second kappa shape index (κ2) is 278. The van der Waals surface area contributed by atoms with Gasteiger partial charge < -0.3 is 5.48 Å². The molecule has 0 amide bonds. The third kappa shape index (κ3) is 181. The molecule has 0 bridgehead atoms. The zero-order chi connectivity index (χ0) is 4.00. The van der Waals surface area contributed by atoms with Crippen LogP contribution in [0.4, 0.5) is 0 Å². The molecule has 0 aliphatic heterocycles. The largest absolute Gasteiger partial charge is 1.00 e. The van der Waals surface area contributed by atoms with Crippen LogP contribution < -0.4 is 29.6 Å². The summed E-state index contributed by atoms with van der Waals surface area (Å²) >= 11 is 4.64. The Balaban J connectivity index is -0.00000000167. The molecule has 0 radical (unpaired) electrons. The van der Waals surface area contributed by atoms with E-state index < -0.39 is 0 Å². The van der Waals surface area contributed by atoms with E-state index in [-0.39, 0.29) is 49.9 Å². The summed E-state index contributed by atoms with van der Waals surface area (Å²) in [5, 5.41) is 0. The summed E-state index contributed by atoms with van der Waals surface area (Å²) in [7, 11) is 0. The van der Waals surface area contributed by atoms with Crippen molar-refractivity contribution in [1.82, 2.24) is 0 Å². The molecular weight excluding hydrogens is 134 g/mol. The Kier molecular flexibility index (Phi) is 2070. The van der Waals surface area contributed by atoms with Gasteiger partial charge >= 0.3 is 29.6 Å². The first kappa shape index (κ1) is 59.6. The quantitative estimate of drug-likeness (QED) is 0.355. The smallest absolute Gasteiger partial charge is 0.870 e. The van der Waals surface area contributed by atoms with Crippen LogP contribution in [-0.4, -0.2) is 11.9 Å². The molecule has 0 aromatic carbocycles. The van der Waals surface area contributed by atoms with E-state index in [4.69, 9.17) is 0 Å². The normalized spacial score (nSPS) is 1.50. The number of halogens is 1. The molecule has 1 N–H and O–H groups in total. The second-order valence-corrected chi connectivity index (χ2v) is 0. The van der Waals surface area contributed by atoms with Gasteiger partial charge in [-0.25, -0.2) is 0 Å². The zero-order valence-corrected chi connectivity index (χ0v) is 7.58. The third-order valence-corrected chi connectivity index (χ3v) is 0. The Bertz CT molecular complexity index is 12.4. The molecule has 0 fully saturated rings. The van der Waals surface area contributed by atoms with Crippen LogP contribution in [0.15, 0.2) is 0 Å². The van der Waals surface area contributed by atoms with Crippen molar-refractivity contribution in [1.29, 1.82) is 0 Å². The minimum atomic E-state index is 0. The van der Waals surface area contributed by atoms with Gasteiger partial charge in [0.1, 0.15) is 0 Å². The van der Waals surface area contributed by atoms with Crippen LogP contribution in [0, 0.1) is 0 Å². The molecule has 0 saturated heterocycles. The summed E-state index contributed by atoms with van der Waals surface area (Å²) in [5.74, 6) is 0. The van der Waals surface area contributed by atoms with E-state index >= 15 is 0 Å². The van der Waals surface area contributed by atoms with Gasteiger partial charge in [0.15, 0.2) is 0 Å². The maximum atomic E-state index is 4.64. The van der Waals surface area contributed by atoms with E-state index in [0.29, 0.717) is 0 Å². The number of rotatable bonds is 0. The van der Waals surface area contributed by atoms with Crippen molar-refractivity contribution in [2.75, 3.05) is 6.38 Å². The van der Waals surface area contributed by atoms with Crippen LogP contribution in [0.2, 0.25) is 0 Å². The first-order valence-electron chi connectivity index (χ1n) is 1.38. The van der Waals surface area contributed by atoms with E-state index in [2.05, 4.69) is 11.6 Å². The van der Waals surface area contributed by atoms with Crippen molar-refractivity contribution in [2.45, 2.75) is 28.7 Å². The fraction of sp³-hybridized carbons (Fsp3) is 1.00. The minimum absolute atomic E-state index is 0. The van der Waals surface area contributed by atoms with Gasteiger partial charge in [-0.1, -0.05) is 28.7 Å². The summed E-state index contributed by atoms with van der Waals surface area (Å²) in [5.41, 5.74) is 0. The molecule has 0 aromatic rings. The average molecular weight is 153 g/mol. The predicted octanol–water partition coefficient (Wildman–Crippen LogP) is -0.0194. The Morgan fingerprint density at radius 2 is 0.875 bits per heavy atom. The van der Waals surface area contributed by atoms with Crippen molar-refractivity contribution in [2.24, 2.45) is 0 Å². The van der Waals surface area contributed by atoms with Gasteiger partial charge in [-0.3, -0.25) is 0 Å². The van der Waals surface area contributed by atoms with E-state index in [1.54, 1.807) is 0 Å². The molecule has 0 aliphatic carbocycles. The molecule has 8 heavy (non-hydrogen) atoms. The van der Waals surface area contributed by atoms with E-state index in [1.165, 1.54) is 6.38 Å². The Labute approximate surface area is 81.4 Å². The Hall–Kier alpha value is 1.25. The van der Waals surface area contributed by atoms with Gasteiger partial charge in [-0.2, -0.15) is 0 Å². The molecule has 0 rings (SSSR count). The second-order valence-electron chi connectivity index (χ2n) is 0. The van der Waals surface area contributed by atoms with Crippen molar-refractivity contribution in [3.63, 3.8) is 0 Å². The molecule has 3 heteroatoms. The molecule has 1 nitrogen and oxygen atoms in total. The fourth-order valence-electron chi connectivity index (χ4n) is 0. The molecular formula is C5H18ClNaO. The minimum Gasteiger partial charge on any atom is -0.870 e. The standard InChI is InChI=1S/C2H6.CH3Cl.2CH4.Na.H2O/c2*1-2;;;;/h1-2H3;1H3;2*1H4;;1H2/q;;;;+1;/p-1. The topological polar surface area (TPSA) is 30.0 Å². The maximum Gasteiger partial charge on any atom is 1.00 e. The van der Waals surface area contributed by atoms with Gasteiger partial charge in [-0.05, 0) is 0 Å². The zero-order valence-electron chi connectivity index (χ0n) is 4.83. The van der Waals surface area contributed by atoms with Crippen molar-refractivity contribution in [3.05, 3.63) is 0 Å². The van der Waals surface area contributed by atoms with Crippen LogP contribution in [0.5, 0.6) is 0 Å². The first-order chi connectivity index (χ1) is 2.00. The number of hydrogen-bond donors (Lipinski definition) is 0. The van der Waals surface area contributed by atoms with Gasteiger partial charge in [0.25, 0.3) is 0 Å². The molecule has 52 valence electrons. The van der Waals surface area contributed by atoms with Crippen molar-refractivity contribution >= 4 is 11.6 Å². The summed E-state index contributed by atoms with van der Waals surface area (Å²) in [4.78, 5) is 0. The van der Waals surface area contributed by atoms with E-state index in [1.807, 2.05) is 13.8 Å². The van der Waals surface area contributed by atoms with Crippen LogP contribution in [0.25, 0.3) is 0 Å². The summed E-state index contributed by atoms with van der Waals surface area (Å²) < 4.78 is 0. The number of hydrogen-bond acceptors (Lipinski definition) is 1. The maximum absolute atomic E-state index is 4.64. The molecule has 0 atom stereocenters. The van der Waals surface area contributed by atoms with Crippen LogP contribution in [0.1, 0.15) is 28.7 Å². The SMILES string of the molecule is C.C.CC.CCl.[Na+].[OH-]. The van der Waals surface area contributed by atoms with Gasteiger partial charge in [0, 0.05) is 6.38 Å². The van der Waals surface area contributed by atoms with Gasteiger partial charge in [0.2, 0.25) is 0 Å². The van der Waals surface area contributed by atoms with Crippen LogP contribution >= 0.6 is 11.6 Å². The number of alkyl halides is 1. The molecule has 0 unspecified atom stereocenters. The fourth-order valence-corrected chi connectivity index (χ4v) is 0. The summed E-state index contributed by atoms with van der Waals surface area (Å²) in [6.07, 6.45) is 1.47. The molecule has 0 aromatic heterocycles. The Morgan fingerprint density at radius 1 is 0.875 bits per heavy atom. The van der Waals surface area contributed by atoms with Crippen molar-refractivity contribution in [3.8, 4) is 0 Å². The molecule has 0 aliphatic rings. The van der Waals surface area contributed by atoms with Gasteiger partial charge in [-0.15, -0.1) is 11.6 Å². The average Bonchev–Trinajstić information content (AvgIpc) is 1.50. The monoisotopic (exact) mass is 152 g/mol. The van der Waals surface area contributed by atoms with Crippen LogP contribution in [0.3, 0.4) is 0 Å². The molecule has 0 spiro atoms. The molecule has 0 heterocycles. The van der Waals surface area contributed by atoms with Gasteiger partial charge in [0.05, 0.1) is 0 Å². The molecule has 0 saturated carbocycles. The van der Waals surface area contributed by atoms with E-state index in [9.17, 15) is 0 Å². The van der Waals surface area contributed by atoms with Crippen molar-refractivity contribution < 1.29 is 35.0 Å². The predicted molar refractivity (Wildman–Crippen MR) is 38.5 cm³/mol. The third-order valence-electron chi connectivity index (χ3n) is 0. The summed E-state index contributed by atoms with van der Waals surface area (Å²) in [6.45, 7) is 4.00. The van der Waals surface area contributed by atoms with E-state index in [0.717, 1.165) is 0 Å². The van der Waals surface area contributed by atoms with Crippen LogP contribution in [-0.2, 0) is 0 Å². The summed E-state index contributed by atoms with van der Waals surface area (Å²) in [6, 6.07) is 0. The first-order valence-corrected chi connectivity index (χ1v) is 2.13. The Morgan fingerprint density at radius 3 is 0.875 bits per heavy atom.